The van der Waals surface area contributed by atoms with Crippen LogP contribution >= 0.6 is 0 Å². The Hall–Kier alpha value is -2.89. The highest BCUT2D eigenvalue weighted by atomic mass is 16.6. The topological polar surface area (TPSA) is 92.5 Å². The average molecular weight is 326 g/mol. The van der Waals surface area contributed by atoms with Gasteiger partial charge in [-0.2, -0.15) is 0 Å². The van der Waals surface area contributed by atoms with Gasteiger partial charge in [0.25, 0.3) is 11.6 Å². The molecule has 6 nitrogen and oxygen atoms in total. The van der Waals surface area contributed by atoms with Gasteiger partial charge in [0, 0.05) is 18.2 Å². The minimum Gasteiger partial charge on any atom is -0.507 e. The van der Waals surface area contributed by atoms with Crippen molar-refractivity contribution in [3.63, 3.8) is 0 Å². The number of hydrogen-bond acceptors (Lipinski definition) is 4. The van der Waals surface area contributed by atoms with Crippen LogP contribution in [0.5, 0.6) is 5.75 Å². The Kier molecular flexibility index (Phi) is 4.46. The molecule has 0 atom stereocenters. The highest BCUT2D eigenvalue weighted by Crippen LogP contribution is 2.28. The second-order valence-electron chi connectivity index (χ2n) is 5.91. The van der Waals surface area contributed by atoms with Gasteiger partial charge in [-0.05, 0) is 48.9 Å². The molecule has 1 aliphatic rings. The Balaban J connectivity index is 1.78. The molecule has 0 spiro atoms. The summed E-state index contributed by atoms with van der Waals surface area (Å²) >= 11 is 0. The Morgan fingerprint density at radius 2 is 1.83 bits per heavy atom. The summed E-state index contributed by atoms with van der Waals surface area (Å²) in [6, 6.07) is 9.67. The Morgan fingerprint density at radius 3 is 2.54 bits per heavy atom. The van der Waals surface area contributed by atoms with Gasteiger partial charge in [0.15, 0.2) is 0 Å². The summed E-state index contributed by atoms with van der Waals surface area (Å²) in [7, 11) is 0. The van der Waals surface area contributed by atoms with Crippen LogP contribution in [0.2, 0.25) is 0 Å². The molecule has 2 N–H and O–H groups in total. The second kappa shape index (κ2) is 6.70. The smallest absolute Gasteiger partial charge is 0.274 e. The molecule has 3 rings (SSSR count). The van der Waals surface area contributed by atoms with Crippen molar-refractivity contribution in [3.8, 4) is 5.75 Å². The molecule has 0 aromatic heterocycles. The van der Waals surface area contributed by atoms with Crippen molar-refractivity contribution >= 4 is 11.6 Å². The molecule has 2 aromatic rings. The first kappa shape index (κ1) is 16.0. The first-order valence-corrected chi connectivity index (χ1v) is 7.91. The molecule has 6 heteroatoms. The third-order valence-corrected chi connectivity index (χ3v) is 4.33. The number of phenolic OH excluding ortho intramolecular Hbond substituents is 1. The van der Waals surface area contributed by atoms with Crippen LogP contribution in [0.4, 0.5) is 5.69 Å². The number of aromatic hydroxyl groups is 1. The summed E-state index contributed by atoms with van der Waals surface area (Å²) < 4.78 is 0. The third kappa shape index (κ3) is 3.22. The first-order chi connectivity index (χ1) is 11.6. The first-order valence-electron chi connectivity index (χ1n) is 7.91. The fourth-order valence-electron chi connectivity index (χ4n) is 3.06. The van der Waals surface area contributed by atoms with Crippen molar-refractivity contribution in [1.82, 2.24) is 5.32 Å². The molecule has 0 saturated heterocycles. The molecule has 2 aromatic carbocycles. The Morgan fingerprint density at radius 1 is 1.17 bits per heavy atom. The fraction of sp³-hybridized carbons (Fsp3) is 0.278. The van der Waals surface area contributed by atoms with Gasteiger partial charge in [0.1, 0.15) is 5.75 Å². The lowest BCUT2D eigenvalue weighted by Gasteiger charge is -2.17. The zero-order valence-corrected chi connectivity index (χ0v) is 13.1. The average Bonchev–Trinajstić information content (AvgIpc) is 2.59. The molecule has 1 aliphatic carbocycles. The van der Waals surface area contributed by atoms with Gasteiger partial charge in [0.05, 0.1) is 10.5 Å². The minimum absolute atomic E-state index is 0.0342. The van der Waals surface area contributed by atoms with Crippen LogP contribution in [0.3, 0.4) is 0 Å². The largest absolute Gasteiger partial charge is 0.507 e. The molecule has 0 heterocycles. The van der Waals surface area contributed by atoms with Crippen LogP contribution < -0.4 is 5.32 Å². The van der Waals surface area contributed by atoms with E-state index in [2.05, 4.69) is 5.32 Å². The van der Waals surface area contributed by atoms with Gasteiger partial charge in [-0.3, -0.25) is 14.9 Å². The lowest BCUT2D eigenvalue weighted by Crippen LogP contribution is -2.24. The fourth-order valence-corrected chi connectivity index (χ4v) is 3.06. The van der Waals surface area contributed by atoms with Crippen molar-refractivity contribution in [1.29, 1.82) is 0 Å². The summed E-state index contributed by atoms with van der Waals surface area (Å²) in [6.45, 7) is 0.0342. The Bertz CT molecular complexity index is 802. The molecule has 1 amide bonds. The molecule has 0 saturated carbocycles. The van der Waals surface area contributed by atoms with E-state index in [1.807, 2.05) is 0 Å². The summed E-state index contributed by atoms with van der Waals surface area (Å²) in [4.78, 5) is 22.9. The zero-order valence-electron chi connectivity index (χ0n) is 13.1. The molecule has 24 heavy (non-hydrogen) atoms. The predicted molar refractivity (Wildman–Crippen MR) is 89.0 cm³/mol. The number of nitro benzene ring substituents is 1. The molecule has 124 valence electrons. The molecular weight excluding hydrogens is 308 g/mol. The highest BCUT2D eigenvalue weighted by molar-refractivity contribution is 5.97. The predicted octanol–water partition coefficient (Wildman–Crippen LogP) is 3.11. The molecule has 0 unspecified atom stereocenters. The third-order valence-electron chi connectivity index (χ3n) is 4.33. The normalized spacial score (nSPS) is 13.2. The lowest BCUT2D eigenvalue weighted by molar-refractivity contribution is -0.385. The van der Waals surface area contributed by atoms with E-state index in [9.17, 15) is 20.0 Å². The van der Waals surface area contributed by atoms with Crippen molar-refractivity contribution in [2.45, 2.75) is 32.2 Å². The number of fused-ring (bicyclic) bond motifs is 1. The number of carbonyl (C=O) groups is 1. The van der Waals surface area contributed by atoms with E-state index < -0.39 is 10.8 Å². The van der Waals surface area contributed by atoms with Crippen LogP contribution in [0.25, 0.3) is 0 Å². The van der Waals surface area contributed by atoms with Gasteiger partial charge in [-0.15, -0.1) is 0 Å². The van der Waals surface area contributed by atoms with Crippen molar-refractivity contribution < 1.29 is 14.8 Å². The van der Waals surface area contributed by atoms with Crippen molar-refractivity contribution in [2.24, 2.45) is 0 Å². The van der Waals surface area contributed by atoms with Crippen molar-refractivity contribution in [3.05, 3.63) is 68.8 Å². The van der Waals surface area contributed by atoms with E-state index in [1.165, 1.54) is 6.07 Å². The number of amides is 1. The van der Waals surface area contributed by atoms with E-state index >= 15 is 0 Å². The van der Waals surface area contributed by atoms with E-state index in [4.69, 9.17) is 0 Å². The molecule has 0 aliphatic heterocycles. The van der Waals surface area contributed by atoms with E-state index in [0.717, 1.165) is 36.8 Å². The second-order valence-corrected chi connectivity index (χ2v) is 5.91. The number of carbonyl (C=O) groups excluding carboxylic acids is 1. The number of nitrogens with one attached hydrogen (secondary N) is 1. The van der Waals surface area contributed by atoms with E-state index in [0.29, 0.717) is 5.56 Å². The maximum Gasteiger partial charge on any atom is 0.274 e. The van der Waals surface area contributed by atoms with Crippen LogP contribution in [-0.4, -0.2) is 15.9 Å². The van der Waals surface area contributed by atoms with Gasteiger partial charge < -0.3 is 10.4 Å². The number of nitro groups is 1. The van der Waals surface area contributed by atoms with Gasteiger partial charge >= 0.3 is 0 Å². The summed E-state index contributed by atoms with van der Waals surface area (Å²) in [5, 5.41) is 23.8. The minimum atomic E-state index is -0.474. The summed E-state index contributed by atoms with van der Waals surface area (Å²) in [5.41, 5.74) is 2.79. The molecule has 0 fully saturated rings. The van der Waals surface area contributed by atoms with Gasteiger partial charge in [-0.25, -0.2) is 0 Å². The number of nitrogens with zero attached hydrogens (tertiary/aromatic N) is 1. The number of benzene rings is 2. The maximum atomic E-state index is 12.4. The Labute approximate surface area is 139 Å². The number of phenols is 1. The number of aryl methyl sites for hydroxylation is 2. The molecular formula is C18H18N2O4. The molecule has 0 bridgehead atoms. The monoisotopic (exact) mass is 326 g/mol. The SMILES string of the molecule is O=C(NCc1ccccc1[N+](=O)[O-])c1cc2c(cc1O)CCCC2. The number of para-hydroxylation sites is 1. The van der Waals surface area contributed by atoms with E-state index in [-0.39, 0.29) is 23.5 Å². The lowest BCUT2D eigenvalue weighted by atomic mass is 9.90. The van der Waals surface area contributed by atoms with Gasteiger partial charge in [0.2, 0.25) is 0 Å². The van der Waals surface area contributed by atoms with Crippen molar-refractivity contribution in [2.75, 3.05) is 0 Å². The van der Waals surface area contributed by atoms with Crippen LogP contribution in [0.1, 0.15) is 39.9 Å². The van der Waals surface area contributed by atoms with Crippen LogP contribution in [-0.2, 0) is 19.4 Å². The maximum absolute atomic E-state index is 12.4. The zero-order chi connectivity index (χ0) is 17.1. The van der Waals surface area contributed by atoms with E-state index in [1.54, 1.807) is 30.3 Å². The number of hydrogen-bond donors (Lipinski definition) is 2. The molecule has 0 radical (unpaired) electrons. The van der Waals surface area contributed by atoms with Crippen LogP contribution in [0, 0.1) is 10.1 Å². The van der Waals surface area contributed by atoms with Crippen LogP contribution in [0.15, 0.2) is 36.4 Å². The standard InChI is InChI=1S/C18H18N2O4/c21-17-10-13-6-2-1-5-12(13)9-15(17)18(22)19-11-14-7-3-4-8-16(14)20(23)24/h3-4,7-10,21H,1-2,5-6,11H2,(H,19,22). The highest BCUT2D eigenvalue weighted by Gasteiger charge is 2.18. The summed E-state index contributed by atoms with van der Waals surface area (Å²) in [6.07, 6.45) is 3.99. The quantitative estimate of drug-likeness (QED) is 0.667. The van der Waals surface area contributed by atoms with Gasteiger partial charge in [-0.1, -0.05) is 18.2 Å². The number of rotatable bonds is 4. The summed E-state index contributed by atoms with van der Waals surface area (Å²) in [5.74, 6) is -0.477.